The van der Waals surface area contributed by atoms with Gasteiger partial charge < -0.3 is 10.2 Å². The van der Waals surface area contributed by atoms with Gasteiger partial charge in [0.2, 0.25) is 15.9 Å². The van der Waals surface area contributed by atoms with E-state index >= 15 is 0 Å². The van der Waals surface area contributed by atoms with E-state index in [0.717, 1.165) is 18.7 Å². The molecule has 0 spiro atoms. The summed E-state index contributed by atoms with van der Waals surface area (Å²) >= 11 is 6.20. The number of benzene rings is 2. The standard InChI is InChI=1S/C20H24ClN3O3S/c1-3-24(4-2)28(26,27)16-9-10-17(21)18(13-16)22-20(25)14-23-12-11-15-7-5-6-8-19(15)23/h5-10,13H,3-4,11-12,14H2,1-2H3,(H,22,25). The minimum Gasteiger partial charge on any atom is -0.362 e. The summed E-state index contributed by atoms with van der Waals surface area (Å²) in [5.74, 6) is -0.240. The quantitative estimate of drug-likeness (QED) is 0.744. The van der Waals surface area contributed by atoms with Gasteiger partial charge in [-0.2, -0.15) is 4.31 Å². The molecule has 1 aliphatic heterocycles. The first kappa shape index (κ1) is 20.6. The minimum atomic E-state index is -3.63. The van der Waals surface area contributed by atoms with Crippen LogP contribution in [0.2, 0.25) is 5.02 Å². The lowest BCUT2D eigenvalue weighted by molar-refractivity contribution is -0.115. The molecule has 0 fully saturated rings. The zero-order chi connectivity index (χ0) is 20.3. The fourth-order valence-electron chi connectivity index (χ4n) is 3.41. The average molecular weight is 422 g/mol. The number of halogens is 1. The van der Waals surface area contributed by atoms with Crippen LogP contribution in [0.25, 0.3) is 0 Å². The van der Waals surface area contributed by atoms with Crippen molar-refractivity contribution < 1.29 is 13.2 Å². The highest BCUT2D eigenvalue weighted by Gasteiger charge is 2.24. The third-order valence-corrected chi connectivity index (χ3v) is 7.25. The van der Waals surface area contributed by atoms with Crippen molar-refractivity contribution in [2.75, 3.05) is 36.4 Å². The Morgan fingerprint density at radius 1 is 1.18 bits per heavy atom. The second-order valence-electron chi connectivity index (χ2n) is 6.58. The van der Waals surface area contributed by atoms with Crippen molar-refractivity contribution in [1.29, 1.82) is 0 Å². The molecule has 0 radical (unpaired) electrons. The number of hydrogen-bond acceptors (Lipinski definition) is 4. The fraction of sp³-hybridized carbons (Fsp3) is 0.350. The summed E-state index contributed by atoms with van der Waals surface area (Å²) < 4.78 is 26.8. The smallest absolute Gasteiger partial charge is 0.243 e. The van der Waals surface area contributed by atoms with Crippen LogP contribution < -0.4 is 10.2 Å². The third kappa shape index (κ3) is 4.16. The van der Waals surface area contributed by atoms with E-state index in [4.69, 9.17) is 11.6 Å². The summed E-state index contributed by atoms with van der Waals surface area (Å²) in [5, 5.41) is 3.06. The maximum Gasteiger partial charge on any atom is 0.243 e. The number of sulfonamides is 1. The molecule has 1 heterocycles. The number of nitrogens with zero attached hydrogens (tertiary/aromatic N) is 2. The second-order valence-corrected chi connectivity index (χ2v) is 8.92. The lowest BCUT2D eigenvalue weighted by Gasteiger charge is -2.20. The lowest BCUT2D eigenvalue weighted by Crippen LogP contribution is -2.32. The van der Waals surface area contributed by atoms with Crippen molar-refractivity contribution in [3.8, 4) is 0 Å². The highest BCUT2D eigenvalue weighted by Crippen LogP contribution is 2.29. The number of para-hydroxylation sites is 1. The molecule has 0 unspecified atom stereocenters. The first-order chi connectivity index (χ1) is 13.4. The van der Waals surface area contributed by atoms with Gasteiger partial charge >= 0.3 is 0 Å². The minimum absolute atomic E-state index is 0.113. The highest BCUT2D eigenvalue weighted by atomic mass is 35.5. The van der Waals surface area contributed by atoms with E-state index in [2.05, 4.69) is 11.4 Å². The van der Waals surface area contributed by atoms with Gasteiger partial charge in [-0.15, -0.1) is 0 Å². The van der Waals surface area contributed by atoms with E-state index in [-0.39, 0.29) is 17.3 Å². The van der Waals surface area contributed by atoms with E-state index in [1.54, 1.807) is 13.8 Å². The molecule has 2 aromatic carbocycles. The summed E-state index contributed by atoms with van der Waals surface area (Å²) in [6.45, 7) is 5.27. The molecular weight excluding hydrogens is 398 g/mol. The zero-order valence-corrected chi connectivity index (χ0v) is 17.6. The molecule has 28 heavy (non-hydrogen) atoms. The first-order valence-corrected chi connectivity index (χ1v) is 11.1. The topological polar surface area (TPSA) is 69.7 Å². The van der Waals surface area contributed by atoms with Crippen LogP contribution in [0.4, 0.5) is 11.4 Å². The molecule has 0 aliphatic carbocycles. The molecule has 8 heteroatoms. The molecule has 3 rings (SSSR count). The van der Waals surface area contributed by atoms with Crippen LogP contribution in [0, 0.1) is 0 Å². The Morgan fingerprint density at radius 3 is 2.61 bits per heavy atom. The van der Waals surface area contributed by atoms with Gasteiger partial charge in [0.05, 0.1) is 22.2 Å². The maximum absolute atomic E-state index is 12.7. The fourth-order valence-corrected chi connectivity index (χ4v) is 5.06. The third-order valence-electron chi connectivity index (χ3n) is 4.87. The Morgan fingerprint density at radius 2 is 1.89 bits per heavy atom. The number of hydrogen-bond donors (Lipinski definition) is 1. The predicted molar refractivity (Wildman–Crippen MR) is 113 cm³/mol. The number of anilines is 2. The molecule has 2 aromatic rings. The van der Waals surface area contributed by atoms with Crippen LogP contribution >= 0.6 is 11.6 Å². The van der Waals surface area contributed by atoms with Gasteiger partial charge in [-0.3, -0.25) is 4.79 Å². The molecule has 0 atom stereocenters. The molecule has 0 bridgehead atoms. The monoisotopic (exact) mass is 421 g/mol. The number of fused-ring (bicyclic) bond motifs is 1. The van der Waals surface area contributed by atoms with E-state index in [1.165, 1.54) is 28.1 Å². The molecule has 150 valence electrons. The van der Waals surface area contributed by atoms with Crippen LogP contribution in [0.1, 0.15) is 19.4 Å². The second kappa shape index (κ2) is 8.51. The number of carbonyl (C=O) groups is 1. The van der Waals surface area contributed by atoms with Crippen molar-refractivity contribution >= 4 is 38.9 Å². The molecule has 6 nitrogen and oxygen atoms in total. The SMILES string of the molecule is CCN(CC)S(=O)(=O)c1ccc(Cl)c(NC(=O)CN2CCc3ccccc32)c1. The number of carbonyl (C=O) groups excluding carboxylic acids is 1. The van der Waals surface area contributed by atoms with Gasteiger partial charge in [0.15, 0.2) is 0 Å². The Kier molecular flexibility index (Phi) is 6.27. The molecule has 1 amide bonds. The summed E-state index contributed by atoms with van der Waals surface area (Å²) in [6.07, 6.45) is 0.905. The van der Waals surface area contributed by atoms with Crippen molar-refractivity contribution in [2.24, 2.45) is 0 Å². The summed E-state index contributed by atoms with van der Waals surface area (Å²) in [5.41, 5.74) is 2.58. The van der Waals surface area contributed by atoms with Gasteiger partial charge in [-0.1, -0.05) is 43.6 Å². The number of rotatable bonds is 7. The summed E-state index contributed by atoms with van der Waals surface area (Å²) in [7, 11) is -3.63. The van der Waals surface area contributed by atoms with Gasteiger partial charge in [-0.25, -0.2) is 8.42 Å². The van der Waals surface area contributed by atoms with Crippen molar-refractivity contribution in [3.05, 3.63) is 53.1 Å². The lowest BCUT2D eigenvalue weighted by atomic mass is 10.2. The van der Waals surface area contributed by atoms with Gasteiger partial charge in [-0.05, 0) is 36.2 Å². The van der Waals surface area contributed by atoms with Crippen LogP contribution in [0.3, 0.4) is 0 Å². The van der Waals surface area contributed by atoms with E-state index in [9.17, 15) is 13.2 Å². The molecule has 1 N–H and O–H groups in total. The molecule has 0 saturated heterocycles. The Balaban J connectivity index is 1.77. The van der Waals surface area contributed by atoms with Crippen LogP contribution in [-0.2, 0) is 21.2 Å². The van der Waals surface area contributed by atoms with Crippen LogP contribution in [0.15, 0.2) is 47.4 Å². The van der Waals surface area contributed by atoms with E-state index in [1.807, 2.05) is 23.1 Å². The van der Waals surface area contributed by atoms with Crippen LogP contribution in [0.5, 0.6) is 0 Å². The molecular formula is C20H24ClN3O3S. The van der Waals surface area contributed by atoms with Crippen molar-refractivity contribution in [2.45, 2.75) is 25.2 Å². The van der Waals surface area contributed by atoms with E-state index in [0.29, 0.717) is 23.8 Å². The van der Waals surface area contributed by atoms with E-state index < -0.39 is 10.0 Å². The first-order valence-electron chi connectivity index (χ1n) is 9.29. The normalized spacial score (nSPS) is 13.6. The summed E-state index contributed by atoms with van der Waals surface area (Å²) in [6, 6.07) is 12.4. The Bertz CT molecular complexity index is 974. The molecule has 0 aromatic heterocycles. The number of amides is 1. The van der Waals surface area contributed by atoms with Gasteiger partial charge in [0.25, 0.3) is 0 Å². The molecule has 0 saturated carbocycles. The van der Waals surface area contributed by atoms with Crippen molar-refractivity contribution in [1.82, 2.24) is 4.31 Å². The summed E-state index contributed by atoms with van der Waals surface area (Å²) in [4.78, 5) is 14.7. The predicted octanol–water partition coefficient (Wildman–Crippen LogP) is 3.37. The van der Waals surface area contributed by atoms with Crippen LogP contribution in [-0.4, -0.2) is 44.8 Å². The van der Waals surface area contributed by atoms with Gasteiger partial charge in [0.1, 0.15) is 0 Å². The average Bonchev–Trinajstić information content (AvgIpc) is 3.07. The zero-order valence-electron chi connectivity index (χ0n) is 16.0. The molecule has 1 aliphatic rings. The number of nitrogens with one attached hydrogen (secondary N) is 1. The Labute approximate surface area is 171 Å². The Hall–Kier alpha value is -2.09. The van der Waals surface area contributed by atoms with Gasteiger partial charge in [0, 0.05) is 25.3 Å². The highest BCUT2D eigenvalue weighted by molar-refractivity contribution is 7.89. The largest absolute Gasteiger partial charge is 0.362 e. The van der Waals surface area contributed by atoms with Crippen molar-refractivity contribution in [3.63, 3.8) is 0 Å². The maximum atomic E-state index is 12.7.